The lowest BCUT2D eigenvalue weighted by molar-refractivity contribution is 0.282. The fourth-order valence-corrected chi connectivity index (χ4v) is 6.57. The van der Waals surface area contributed by atoms with Gasteiger partial charge in [0, 0.05) is 10.9 Å². The van der Waals surface area contributed by atoms with E-state index in [1.54, 1.807) is 6.07 Å². The molecule has 2 atom stereocenters. The van der Waals surface area contributed by atoms with Crippen molar-refractivity contribution in [3.05, 3.63) is 14.7 Å². The van der Waals surface area contributed by atoms with Crippen LogP contribution in [0.1, 0.15) is 43.9 Å². The molecule has 0 aliphatic heterocycles. The van der Waals surface area contributed by atoms with Crippen molar-refractivity contribution >= 4 is 37.3 Å². The molecule has 0 bridgehead atoms. The van der Waals surface area contributed by atoms with E-state index in [1.165, 1.54) is 17.8 Å². The maximum atomic E-state index is 12.5. The van der Waals surface area contributed by atoms with Crippen LogP contribution in [0.25, 0.3) is 0 Å². The van der Waals surface area contributed by atoms with Gasteiger partial charge < -0.3 is 0 Å². The molecular weight excluding hydrogens is 346 g/mol. The van der Waals surface area contributed by atoms with Gasteiger partial charge in [0.2, 0.25) is 10.0 Å². The summed E-state index contributed by atoms with van der Waals surface area (Å²) >= 11 is 4.81. The summed E-state index contributed by atoms with van der Waals surface area (Å²) in [5.74, 6) is 0.478. The summed E-state index contributed by atoms with van der Waals surface area (Å²) < 4.78 is 28.7. The summed E-state index contributed by atoms with van der Waals surface area (Å²) in [7, 11) is -3.38. The van der Waals surface area contributed by atoms with Gasteiger partial charge in [0.1, 0.15) is 0 Å². The van der Waals surface area contributed by atoms with Gasteiger partial charge in [0.15, 0.2) is 0 Å². The first-order valence-electron chi connectivity index (χ1n) is 6.72. The summed E-state index contributed by atoms with van der Waals surface area (Å²) in [5.41, 5.74) is 0. The summed E-state index contributed by atoms with van der Waals surface area (Å²) in [6.07, 6.45) is 5.48. The summed E-state index contributed by atoms with van der Waals surface area (Å²) in [6.45, 7) is 3.99. The molecule has 108 valence electrons. The first kappa shape index (κ1) is 15.5. The zero-order chi connectivity index (χ0) is 14.0. The fourth-order valence-electron chi connectivity index (χ4n) is 2.81. The second-order valence-corrected chi connectivity index (χ2v) is 9.47. The van der Waals surface area contributed by atoms with E-state index in [9.17, 15) is 8.42 Å². The number of sulfonamides is 1. The minimum Gasteiger partial charge on any atom is -0.208 e. The monoisotopic (exact) mass is 365 g/mol. The highest BCUT2D eigenvalue weighted by Crippen LogP contribution is 2.32. The molecule has 1 heterocycles. The van der Waals surface area contributed by atoms with Crippen LogP contribution in [0.4, 0.5) is 0 Å². The van der Waals surface area contributed by atoms with Gasteiger partial charge in [-0.25, -0.2) is 13.1 Å². The molecule has 1 aromatic rings. The molecule has 0 radical (unpaired) electrons. The van der Waals surface area contributed by atoms with Crippen molar-refractivity contribution in [2.75, 3.05) is 0 Å². The van der Waals surface area contributed by atoms with Crippen molar-refractivity contribution in [2.24, 2.45) is 5.92 Å². The van der Waals surface area contributed by atoms with Crippen LogP contribution >= 0.6 is 27.3 Å². The molecular formula is C13H20BrNO2S2. The molecule has 1 fully saturated rings. The standard InChI is InChI=1S/C13H20BrNO2S2/c1-3-10-6-4-5-7-11(10)15-19(16,17)12-8-13(14)18-9(12)2/h8,10-11,15H,3-7H2,1-2H3. The summed E-state index contributed by atoms with van der Waals surface area (Å²) in [6, 6.07) is 1.80. The van der Waals surface area contributed by atoms with E-state index in [1.807, 2.05) is 6.92 Å². The summed E-state index contributed by atoms with van der Waals surface area (Å²) in [5, 5.41) is 0. The molecule has 0 aromatic carbocycles. The Bertz CT molecular complexity index is 539. The molecule has 3 nitrogen and oxygen atoms in total. The van der Waals surface area contributed by atoms with Crippen molar-refractivity contribution in [1.82, 2.24) is 4.72 Å². The van der Waals surface area contributed by atoms with Crippen molar-refractivity contribution in [3.8, 4) is 0 Å². The number of halogens is 1. The zero-order valence-corrected chi connectivity index (χ0v) is 14.5. The first-order chi connectivity index (χ1) is 8.94. The van der Waals surface area contributed by atoms with E-state index < -0.39 is 10.0 Å². The molecule has 0 saturated heterocycles. The predicted octanol–water partition coefficient (Wildman–Crippen LogP) is 4.07. The van der Waals surface area contributed by atoms with Crippen LogP contribution in [-0.4, -0.2) is 14.5 Å². The molecule has 1 aliphatic rings. The van der Waals surface area contributed by atoms with Gasteiger partial charge in [-0.1, -0.05) is 26.2 Å². The van der Waals surface area contributed by atoms with E-state index in [2.05, 4.69) is 27.6 Å². The van der Waals surface area contributed by atoms with E-state index >= 15 is 0 Å². The maximum absolute atomic E-state index is 12.5. The van der Waals surface area contributed by atoms with Crippen LogP contribution in [0.5, 0.6) is 0 Å². The second kappa shape index (κ2) is 6.24. The molecule has 1 aromatic heterocycles. The third-order valence-corrected chi connectivity index (χ3v) is 7.17. The minimum absolute atomic E-state index is 0.0989. The number of hydrogen-bond acceptors (Lipinski definition) is 3. The third-order valence-electron chi connectivity index (χ3n) is 3.87. The van der Waals surface area contributed by atoms with E-state index in [4.69, 9.17) is 0 Å². The quantitative estimate of drug-likeness (QED) is 0.873. The van der Waals surface area contributed by atoms with Crippen molar-refractivity contribution in [2.45, 2.75) is 56.9 Å². The van der Waals surface area contributed by atoms with Gasteiger partial charge in [-0.3, -0.25) is 0 Å². The molecule has 0 amide bonds. The van der Waals surface area contributed by atoms with Gasteiger partial charge in [0.05, 0.1) is 8.68 Å². The molecule has 2 rings (SSSR count). The van der Waals surface area contributed by atoms with E-state index in [0.29, 0.717) is 10.8 Å². The summed E-state index contributed by atoms with van der Waals surface area (Å²) in [4.78, 5) is 1.26. The van der Waals surface area contributed by atoms with Gasteiger partial charge in [-0.15, -0.1) is 11.3 Å². The topological polar surface area (TPSA) is 46.2 Å². The largest absolute Gasteiger partial charge is 0.241 e. The van der Waals surface area contributed by atoms with Gasteiger partial charge in [-0.05, 0) is 47.7 Å². The average Bonchev–Trinajstić information content (AvgIpc) is 2.69. The normalized spacial score (nSPS) is 24.6. The van der Waals surface area contributed by atoms with E-state index in [-0.39, 0.29) is 6.04 Å². The Balaban J connectivity index is 2.19. The number of thiophene rings is 1. The van der Waals surface area contributed by atoms with Crippen LogP contribution in [-0.2, 0) is 10.0 Å². The molecule has 1 N–H and O–H groups in total. The maximum Gasteiger partial charge on any atom is 0.241 e. The molecule has 6 heteroatoms. The highest BCUT2D eigenvalue weighted by molar-refractivity contribution is 9.11. The highest BCUT2D eigenvalue weighted by atomic mass is 79.9. The fraction of sp³-hybridized carbons (Fsp3) is 0.692. The Morgan fingerprint density at radius 2 is 2.11 bits per heavy atom. The Kier molecular flexibility index (Phi) is 5.09. The molecule has 1 aliphatic carbocycles. The van der Waals surface area contributed by atoms with Gasteiger partial charge in [0.25, 0.3) is 0 Å². The first-order valence-corrected chi connectivity index (χ1v) is 9.81. The van der Waals surface area contributed by atoms with E-state index in [0.717, 1.165) is 34.3 Å². The number of nitrogens with one attached hydrogen (secondary N) is 1. The van der Waals surface area contributed by atoms with Gasteiger partial charge >= 0.3 is 0 Å². The number of rotatable bonds is 4. The smallest absolute Gasteiger partial charge is 0.208 e. The predicted molar refractivity (Wildman–Crippen MR) is 83.1 cm³/mol. The van der Waals surface area contributed by atoms with Crippen LogP contribution in [0.15, 0.2) is 14.7 Å². The van der Waals surface area contributed by atoms with Crippen LogP contribution < -0.4 is 4.72 Å². The Morgan fingerprint density at radius 1 is 1.42 bits per heavy atom. The van der Waals surface area contributed by atoms with Crippen LogP contribution in [0.2, 0.25) is 0 Å². The second-order valence-electron chi connectivity index (χ2n) is 5.15. The Morgan fingerprint density at radius 3 is 2.68 bits per heavy atom. The highest BCUT2D eigenvalue weighted by Gasteiger charge is 2.29. The average molecular weight is 366 g/mol. The molecule has 2 unspecified atom stereocenters. The van der Waals surface area contributed by atoms with Crippen LogP contribution in [0, 0.1) is 12.8 Å². The lowest BCUT2D eigenvalue weighted by Crippen LogP contribution is -2.41. The molecule has 19 heavy (non-hydrogen) atoms. The number of hydrogen-bond donors (Lipinski definition) is 1. The SMILES string of the molecule is CCC1CCCCC1NS(=O)(=O)c1cc(Br)sc1C. The third kappa shape index (κ3) is 3.60. The van der Waals surface area contributed by atoms with Crippen molar-refractivity contribution in [3.63, 3.8) is 0 Å². The lowest BCUT2D eigenvalue weighted by Gasteiger charge is -2.31. The van der Waals surface area contributed by atoms with Crippen molar-refractivity contribution < 1.29 is 8.42 Å². The van der Waals surface area contributed by atoms with Crippen molar-refractivity contribution in [1.29, 1.82) is 0 Å². The Hall–Kier alpha value is 0.0900. The number of aryl methyl sites for hydroxylation is 1. The zero-order valence-electron chi connectivity index (χ0n) is 11.3. The Labute approximate surface area is 128 Å². The molecule has 0 spiro atoms. The lowest BCUT2D eigenvalue weighted by atomic mass is 9.83. The van der Waals surface area contributed by atoms with Gasteiger partial charge in [-0.2, -0.15) is 0 Å². The van der Waals surface area contributed by atoms with Crippen LogP contribution in [0.3, 0.4) is 0 Å². The molecule has 1 saturated carbocycles. The minimum atomic E-state index is -3.38.